The van der Waals surface area contributed by atoms with Crippen molar-refractivity contribution in [2.45, 2.75) is 26.3 Å². The molecule has 126 valence electrons. The molecular formula is C17H17ClN2O3S. The van der Waals surface area contributed by atoms with Gasteiger partial charge in [0.25, 0.3) is 0 Å². The molecule has 1 heterocycles. The highest BCUT2D eigenvalue weighted by Crippen LogP contribution is 2.34. The fourth-order valence-electron chi connectivity index (χ4n) is 2.81. The van der Waals surface area contributed by atoms with Crippen LogP contribution in [0.3, 0.4) is 0 Å². The number of nitrogens with one attached hydrogen (secondary N) is 1. The quantitative estimate of drug-likeness (QED) is 0.851. The largest absolute Gasteiger partial charge is 0.481 e. The van der Waals surface area contributed by atoms with Crippen molar-refractivity contribution in [2.75, 3.05) is 0 Å². The Balaban J connectivity index is 1.64. The lowest BCUT2D eigenvalue weighted by molar-refractivity contribution is -0.152. The van der Waals surface area contributed by atoms with Gasteiger partial charge in [0.1, 0.15) is 5.01 Å². The third-order valence-corrected chi connectivity index (χ3v) is 5.52. The van der Waals surface area contributed by atoms with Gasteiger partial charge in [0, 0.05) is 15.5 Å². The second-order valence-corrected chi connectivity index (χ2v) is 7.59. The summed E-state index contributed by atoms with van der Waals surface area (Å²) in [6, 6.07) is 7.47. The number of thiazole rings is 1. The molecule has 0 bridgehead atoms. The molecule has 24 heavy (non-hydrogen) atoms. The standard InChI is InChI=1S/C17H17ClN2O3S/c1-9-15(10-2-4-11(18)5-3-10)20-14(24-9)8-19-16(21)12-6-7-13(12)17(22)23/h2-5,12-13H,6-8H2,1H3,(H,19,21)(H,22,23). The van der Waals surface area contributed by atoms with E-state index in [9.17, 15) is 9.59 Å². The highest BCUT2D eigenvalue weighted by atomic mass is 35.5. The van der Waals surface area contributed by atoms with E-state index in [1.165, 1.54) is 11.3 Å². The van der Waals surface area contributed by atoms with Crippen molar-refractivity contribution in [2.24, 2.45) is 11.8 Å². The summed E-state index contributed by atoms with van der Waals surface area (Å²) in [5.41, 5.74) is 1.86. The Bertz CT molecular complexity index is 773. The number of aryl methyl sites for hydroxylation is 1. The summed E-state index contributed by atoms with van der Waals surface area (Å²) in [4.78, 5) is 28.7. The molecule has 0 radical (unpaired) electrons. The number of carboxylic acid groups (broad SMARTS) is 1. The van der Waals surface area contributed by atoms with Crippen LogP contribution in [0.2, 0.25) is 5.02 Å². The molecule has 1 aromatic heterocycles. The molecule has 1 saturated carbocycles. The molecule has 0 aliphatic heterocycles. The molecule has 1 aliphatic rings. The molecule has 1 aromatic carbocycles. The molecule has 0 saturated heterocycles. The first-order valence-electron chi connectivity index (χ1n) is 7.68. The molecule has 0 spiro atoms. The van der Waals surface area contributed by atoms with E-state index < -0.39 is 17.8 Å². The average Bonchev–Trinajstić information content (AvgIpc) is 2.85. The van der Waals surface area contributed by atoms with Gasteiger partial charge in [0.05, 0.1) is 24.1 Å². The van der Waals surface area contributed by atoms with Gasteiger partial charge in [-0.25, -0.2) is 4.98 Å². The molecule has 3 rings (SSSR count). The van der Waals surface area contributed by atoms with Crippen LogP contribution in [0.4, 0.5) is 0 Å². The van der Waals surface area contributed by atoms with Crippen LogP contribution in [0.1, 0.15) is 22.7 Å². The number of nitrogens with zero attached hydrogens (tertiary/aromatic N) is 1. The second-order valence-electron chi connectivity index (χ2n) is 5.87. The minimum absolute atomic E-state index is 0.199. The van der Waals surface area contributed by atoms with Gasteiger partial charge >= 0.3 is 5.97 Å². The number of amides is 1. The third kappa shape index (κ3) is 3.44. The Hall–Kier alpha value is -1.92. The van der Waals surface area contributed by atoms with E-state index in [2.05, 4.69) is 10.3 Å². The summed E-state index contributed by atoms with van der Waals surface area (Å²) < 4.78 is 0. The normalized spacial score (nSPS) is 19.6. The minimum atomic E-state index is -0.892. The molecule has 2 atom stereocenters. The number of hydrogen-bond donors (Lipinski definition) is 2. The lowest BCUT2D eigenvalue weighted by atomic mass is 9.73. The fourth-order valence-corrected chi connectivity index (χ4v) is 3.83. The van der Waals surface area contributed by atoms with Gasteiger partial charge in [-0.2, -0.15) is 0 Å². The van der Waals surface area contributed by atoms with E-state index in [1.54, 1.807) is 0 Å². The predicted octanol–water partition coefficient (Wildman–Crippen LogP) is 3.50. The maximum atomic E-state index is 12.1. The smallest absolute Gasteiger partial charge is 0.307 e. The Morgan fingerprint density at radius 1 is 1.29 bits per heavy atom. The summed E-state index contributed by atoms with van der Waals surface area (Å²) >= 11 is 7.43. The van der Waals surface area contributed by atoms with Gasteiger partial charge in [-0.3, -0.25) is 9.59 Å². The highest BCUT2D eigenvalue weighted by Gasteiger charge is 2.41. The Labute approximate surface area is 148 Å². The van der Waals surface area contributed by atoms with E-state index in [0.29, 0.717) is 24.4 Å². The van der Waals surface area contributed by atoms with E-state index >= 15 is 0 Å². The molecule has 5 nitrogen and oxygen atoms in total. The number of benzene rings is 1. The monoisotopic (exact) mass is 364 g/mol. The van der Waals surface area contributed by atoms with Gasteiger partial charge in [-0.05, 0) is 31.9 Å². The molecule has 2 N–H and O–H groups in total. The number of rotatable bonds is 5. The number of carboxylic acids is 1. The van der Waals surface area contributed by atoms with Crippen molar-refractivity contribution in [3.05, 3.63) is 39.2 Å². The van der Waals surface area contributed by atoms with E-state index in [1.807, 2.05) is 31.2 Å². The van der Waals surface area contributed by atoms with Crippen LogP contribution in [0, 0.1) is 18.8 Å². The first kappa shape index (κ1) is 16.9. The predicted molar refractivity (Wildman–Crippen MR) is 93.0 cm³/mol. The summed E-state index contributed by atoms with van der Waals surface area (Å²) in [6.45, 7) is 2.31. The summed E-state index contributed by atoms with van der Waals surface area (Å²) in [5.74, 6) is -2.06. The maximum absolute atomic E-state index is 12.1. The number of halogens is 1. The molecule has 7 heteroatoms. The minimum Gasteiger partial charge on any atom is -0.481 e. The maximum Gasteiger partial charge on any atom is 0.307 e. The molecule has 1 aliphatic carbocycles. The van der Waals surface area contributed by atoms with Crippen LogP contribution in [0.5, 0.6) is 0 Å². The van der Waals surface area contributed by atoms with Crippen LogP contribution >= 0.6 is 22.9 Å². The van der Waals surface area contributed by atoms with E-state index in [-0.39, 0.29) is 5.91 Å². The summed E-state index contributed by atoms with van der Waals surface area (Å²) in [7, 11) is 0. The van der Waals surface area contributed by atoms with Crippen molar-refractivity contribution in [1.82, 2.24) is 10.3 Å². The van der Waals surface area contributed by atoms with Gasteiger partial charge in [0.15, 0.2) is 0 Å². The van der Waals surface area contributed by atoms with Crippen LogP contribution in [-0.2, 0) is 16.1 Å². The van der Waals surface area contributed by atoms with Crippen LogP contribution in [0.25, 0.3) is 11.3 Å². The zero-order chi connectivity index (χ0) is 17.3. The number of carbonyl (C=O) groups excluding carboxylic acids is 1. The van der Waals surface area contributed by atoms with Gasteiger partial charge in [-0.15, -0.1) is 11.3 Å². The first-order chi connectivity index (χ1) is 11.5. The van der Waals surface area contributed by atoms with Gasteiger partial charge in [-0.1, -0.05) is 23.7 Å². The lowest BCUT2D eigenvalue weighted by Crippen LogP contribution is -2.43. The van der Waals surface area contributed by atoms with Crippen molar-refractivity contribution in [3.63, 3.8) is 0 Å². The SMILES string of the molecule is Cc1sc(CNC(=O)C2CCC2C(=O)O)nc1-c1ccc(Cl)cc1. The Morgan fingerprint density at radius 3 is 2.54 bits per heavy atom. The zero-order valence-corrected chi connectivity index (χ0v) is 14.7. The molecule has 2 aromatic rings. The van der Waals surface area contributed by atoms with E-state index in [4.69, 9.17) is 16.7 Å². The zero-order valence-electron chi connectivity index (χ0n) is 13.1. The van der Waals surface area contributed by atoms with Crippen molar-refractivity contribution < 1.29 is 14.7 Å². The Morgan fingerprint density at radius 2 is 1.96 bits per heavy atom. The van der Waals surface area contributed by atoms with Crippen molar-refractivity contribution in [3.8, 4) is 11.3 Å². The van der Waals surface area contributed by atoms with Gasteiger partial charge in [0.2, 0.25) is 5.91 Å². The molecular weight excluding hydrogens is 348 g/mol. The molecule has 1 amide bonds. The first-order valence-corrected chi connectivity index (χ1v) is 8.88. The number of hydrogen-bond acceptors (Lipinski definition) is 4. The van der Waals surface area contributed by atoms with Gasteiger partial charge < -0.3 is 10.4 Å². The summed E-state index contributed by atoms with van der Waals surface area (Å²) in [6.07, 6.45) is 1.21. The number of aliphatic carboxylic acids is 1. The lowest BCUT2D eigenvalue weighted by Gasteiger charge is -2.31. The van der Waals surface area contributed by atoms with Crippen molar-refractivity contribution >= 4 is 34.8 Å². The van der Waals surface area contributed by atoms with Crippen LogP contribution < -0.4 is 5.32 Å². The third-order valence-electron chi connectivity index (χ3n) is 4.30. The van der Waals surface area contributed by atoms with E-state index in [0.717, 1.165) is 21.1 Å². The van der Waals surface area contributed by atoms with Crippen molar-refractivity contribution in [1.29, 1.82) is 0 Å². The fraction of sp³-hybridized carbons (Fsp3) is 0.353. The number of carbonyl (C=O) groups is 2. The molecule has 2 unspecified atom stereocenters. The van der Waals surface area contributed by atoms with Crippen LogP contribution in [-0.4, -0.2) is 22.0 Å². The average molecular weight is 365 g/mol. The summed E-state index contributed by atoms with van der Waals surface area (Å²) in [5, 5.41) is 13.3. The Kier molecular flexibility index (Phi) is 4.87. The topological polar surface area (TPSA) is 79.3 Å². The van der Waals surface area contributed by atoms with Crippen LogP contribution in [0.15, 0.2) is 24.3 Å². The highest BCUT2D eigenvalue weighted by molar-refractivity contribution is 7.12. The second kappa shape index (κ2) is 6.91. The molecule has 1 fully saturated rings. The number of aromatic nitrogens is 1.